The lowest BCUT2D eigenvalue weighted by Gasteiger charge is -2.36. The van der Waals surface area contributed by atoms with Crippen LogP contribution >= 0.6 is 7.60 Å². The molecule has 2 atom stereocenters. The molecular weight excluding hydrogens is 348 g/mol. The molecule has 1 heterocycles. The molecule has 4 N–H and O–H groups in total. The highest BCUT2D eigenvalue weighted by molar-refractivity contribution is 7.54. The van der Waals surface area contributed by atoms with Crippen LogP contribution in [0.1, 0.15) is 13.3 Å². The van der Waals surface area contributed by atoms with Crippen molar-refractivity contribution in [3.8, 4) is 0 Å². The number of likely N-dealkylation sites (N-methyl/N-ethyl adjacent to an activating group) is 1. The number of hydrogen-bond donors (Lipinski definition) is 4. The number of carboxylic acid groups (broad SMARTS) is 1. The molecule has 6 nitrogen and oxygen atoms in total. The molecule has 0 radical (unpaired) electrons. The van der Waals surface area contributed by atoms with Crippen LogP contribution in [0, 0.1) is 0 Å². The van der Waals surface area contributed by atoms with Crippen molar-refractivity contribution in [3.05, 3.63) is 12.2 Å². The summed E-state index contributed by atoms with van der Waals surface area (Å²) in [5.74, 6) is -1.47. The highest BCUT2D eigenvalue weighted by atomic mass is 127. The first-order valence-electron chi connectivity index (χ1n) is 4.68. The Morgan fingerprint density at radius 1 is 1.56 bits per heavy atom. The smallest absolute Gasteiger partial charge is 0.401 e. The SMILES string of the molecule is CC[NH+]1CCC=CC1(C(=O)O)P(=O)(O)O.[I-]. The van der Waals surface area contributed by atoms with E-state index in [1.807, 2.05) is 0 Å². The molecule has 0 aromatic rings. The fraction of sp³-hybridized carbons (Fsp3) is 0.625. The van der Waals surface area contributed by atoms with E-state index >= 15 is 0 Å². The highest BCUT2D eigenvalue weighted by Gasteiger charge is 2.61. The minimum absolute atomic E-state index is 0. The van der Waals surface area contributed by atoms with E-state index < -0.39 is 18.8 Å². The lowest BCUT2D eigenvalue weighted by molar-refractivity contribution is -0.922. The van der Waals surface area contributed by atoms with Crippen molar-refractivity contribution >= 4 is 13.6 Å². The zero-order valence-corrected chi connectivity index (χ0v) is 11.8. The monoisotopic (exact) mass is 363 g/mol. The molecule has 8 heteroatoms. The number of rotatable bonds is 3. The minimum atomic E-state index is -4.72. The minimum Gasteiger partial charge on any atom is -1.00 e. The predicted octanol–water partition coefficient (Wildman–Crippen LogP) is -4.19. The third-order valence-electron chi connectivity index (χ3n) is 2.72. The van der Waals surface area contributed by atoms with Gasteiger partial charge in [-0.1, -0.05) is 6.08 Å². The Balaban J connectivity index is 0.00000225. The van der Waals surface area contributed by atoms with E-state index in [1.54, 1.807) is 6.92 Å². The maximum absolute atomic E-state index is 11.4. The molecule has 16 heavy (non-hydrogen) atoms. The number of carbonyl (C=O) groups is 1. The van der Waals surface area contributed by atoms with Crippen molar-refractivity contribution in [1.29, 1.82) is 0 Å². The summed E-state index contributed by atoms with van der Waals surface area (Å²) in [4.78, 5) is 30.0. The zero-order chi connectivity index (χ0) is 11.7. The number of carboxylic acids is 1. The molecule has 0 amide bonds. The van der Waals surface area contributed by atoms with E-state index in [-0.39, 0.29) is 24.0 Å². The third kappa shape index (κ3) is 2.48. The summed E-state index contributed by atoms with van der Waals surface area (Å²) in [6, 6.07) is 0. The molecule has 1 aliphatic heterocycles. The maximum Gasteiger partial charge on any atom is 0.401 e. The standard InChI is InChI=1S/C8H14NO5P.HI/c1-2-9-6-4-3-5-8(9,7(10)11)15(12,13)14;/h3,5H,2,4,6H2,1H3,(H,10,11)(H2,12,13,14);1H. The van der Waals surface area contributed by atoms with Gasteiger partial charge in [0.25, 0.3) is 0 Å². The molecule has 0 fully saturated rings. The molecule has 0 spiro atoms. The number of hydrogen-bond acceptors (Lipinski definition) is 2. The molecule has 94 valence electrons. The normalized spacial score (nSPS) is 29.6. The summed E-state index contributed by atoms with van der Waals surface area (Å²) in [5, 5.41) is 6.96. The molecule has 0 saturated carbocycles. The van der Waals surface area contributed by atoms with E-state index in [1.165, 1.54) is 6.08 Å². The topological polar surface area (TPSA) is 99.3 Å². The lowest BCUT2D eigenvalue weighted by atomic mass is 10.1. The first kappa shape index (κ1) is 16.1. The van der Waals surface area contributed by atoms with E-state index in [0.717, 1.165) is 6.08 Å². The fourth-order valence-corrected chi connectivity index (χ4v) is 3.15. The van der Waals surface area contributed by atoms with Crippen LogP contribution in [0.5, 0.6) is 0 Å². The second-order valence-corrected chi connectivity index (χ2v) is 5.31. The van der Waals surface area contributed by atoms with Gasteiger partial charge in [-0.15, -0.1) is 0 Å². The van der Waals surface area contributed by atoms with Gasteiger partial charge in [0.1, 0.15) is 0 Å². The van der Waals surface area contributed by atoms with Crippen LogP contribution in [0.15, 0.2) is 12.2 Å². The number of nitrogens with one attached hydrogen (secondary N) is 1. The second-order valence-electron chi connectivity index (χ2n) is 3.51. The largest absolute Gasteiger partial charge is 1.00 e. The van der Waals surface area contributed by atoms with E-state index in [2.05, 4.69) is 0 Å². The van der Waals surface area contributed by atoms with Crippen molar-refractivity contribution in [3.63, 3.8) is 0 Å². The third-order valence-corrected chi connectivity index (χ3v) is 4.30. The average molecular weight is 363 g/mol. The Morgan fingerprint density at radius 3 is 2.44 bits per heavy atom. The summed E-state index contributed by atoms with van der Waals surface area (Å²) < 4.78 is 11.4. The summed E-state index contributed by atoms with van der Waals surface area (Å²) >= 11 is 0. The van der Waals surface area contributed by atoms with Crippen LogP contribution in [0.25, 0.3) is 0 Å². The zero-order valence-electron chi connectivity index (χ0n) is 8.76. The highest BCUT2D eigenvalue weighted by Crippen LogP contribution is 2.48. The molecule has 0 aliphatic carbocycles. The Hall–Kier alpha value is 0.0500. The van der Waals surface area contributed by atoms with Crippen molar-refractivity contribution in [2.75, 3.05) is 13.1 Å². The molecule has 0 bridgehead atoms. The molecular formula is C8H15INO5P. The molecule has 0 aromatic carbocycles. The van der Waals surface area contributed by atoms with E-state index in [0.29, 0.717) is 24.4 Å². The lowest BCUT2D eigenvalue weighted by Crippen LogP contribution is -3.21. The van der Waals surface area contributed by atoms with Gasteiger partial charge in [-0.05, 0) is 13.0 Å². The molecule has 2 unspecified atom stereocenters. The van der Waals surface area contributed by atoms with Gasteiger partial charge in [-0.25, -0.2) is 4.79 Å². The van der Waals surface area contributed by atoms with E-state index in [4.69, 9.17) is 5.11 Å². The Labute approximate surface area is 111 Å². The van der Waals surface area contributed by atoms with Gasteiger partial charge in [0.2, 0.25) is 0 Å². The Morgan fingerprint density at radius 2 is 2.12 bits per heavy atom. The molecule has 1 rings (SSSR count). The first-order chi connectivity index (χ1) is 6.86. The molecule has 1 aliphatic rings. The van der Waals surface area contributed by atoms with Gasteiger partial charge in [0.15, 0.2) is 0 Å². The van der Waals surface area contributed by atoms with Gasteiger partial charge in [-0.2, -0.15) is 0 Å². The summed E-state index contributed by atoms with van der Waals surface area (Å²) in [6.07, 6.45) is 3.29. The van der Waals surface area contributed by atoms with Crippen molar-refractivity contribution < 1.29 is 53.1 Å². The summed E-state index contributed by atoms with van der Waals surface area (Å²) in [7, 11) is -4.72. The predicted molar refractivity (Wildman–Crippen MR) is 52.5 cm³/mol. The Bertz CT molecular complexity index is 341. The fourth-order valence-electron chi connectivity index (χ4n) is 1.92. The average Bonchev–Trinajstić information content (AvgIpc) is 2.15. The van der Waals surface area contributed by atoms with Crippen LogP contribution < -0.4 is 28.9 Å². The number of quaternary nitrogens is 1. The van der Waals surface area contributed by atoms with Gasteiger partial charge < -0.3 is 43.8 Å². The van der Waals surface area contributed by atoms with Crippen molar-refractivity contribution in [2.24, 2.45) is 0 Å². The van der Waals surface area contributed by atoms with Gasteiger partial charge in [0, 0.05) is 6.42 Å². The van der Waals surface area contributed by atoms with Gasteiger partial charge in [0.05, 0.1) is 13.1 Å². The van der Waals surface area contributed by atoms with Crippen LogP contribution in [0.4, 0.5) is 0 Å². The quantitative estimate of drug-likeness (QED) is 0.232. The molecule has 0 saturated heterocycles. The summed E-state index contributed by atoms with van der Waals surface area (Å²) in [5.41, 5.74) is 0. The number of aliphatic carboxylic acids is 1. The number of halogens is 1. The van der Waals surface area contributed by atoms with Gasteiger partial charge >= 0.3 is 18.8 Å². The van der Waals surface area contributed by atoms with Crippen LogP contribution in [-0.4, -0.2) is 39.2 Å². The van der Waals surface area contributed by atoms with Crippen LogP contribution in [-0.2, 0) is 9.36 Å². The van der Waals surface area contributed by atoms with Crippen molar-refractivity contribution in [1.82, 2.24) is 0 Å². The van der Waals surface area contributed by atoms with Gasteiger partial charge in [-0.3, -0.25) is 4.57 Å². The Kier molecular flexibility index (Phi) is 5.61. The summed E-state index contributed by atoms with van der Waals surface area (Å²) in [6.45, 7) is 2.49. The maximum atomic E-state index is 11.4. The molecule has 0 aromatic heterocycles. The first-order valence-corrected chi connectivity index (χ1v) is 6.29. The van der Waals surface area contributed by atoms with Crippen LogP contribution in [0.2, 0.25) is 0 Å². The van der Waals surface area contributed by atoms with Crippen molar-refractivity contribution in [2.45, 2.75) is 18.6 Å². The van der Waals surface area contributed by atoms with E-state index in [9.17, 15) is 19.1 Å². The van der Waals surface area contributed by atoms with Crippen LogP contribution in [0.3, 0.4) is 0 Å². The second kappa shape index (κ2) is 5.59.